The Hall–Kier alpha value is -2.38. The van der Waals surface area contributed by atoms with E-state index in [1.54, 1.807) is 11.3 Å². The first kappa shape index (κ1) is 55.5. The molecule has 0 N–H and O–H groups in total. The molecule has 3 aliphatic heterocycles. The molecule has 2 aromatic heterocycles. The van der Waals surface area contributed by atoms with E-state index in [1.165, 1.54) is 58.7 Å². The minimum absolute atomic E-state index is 0.00934. The summed E-state index contributed by atoms with van der Waals surface area (Å²) in [4.78, 5) is 40.1. The number of carbonyl (C=O) groups excluding carboxylic acids is 2. The van der Waals surface area contributed by atoms with Crippen molar-refractivity contribution in [2.75, 3.05) is 13.1 Å². The minimum atomic E-state index is -0.438. The van der Waals surface area contributed by atoms with Gasteiger partial charge in [-0.1, -0.05) is 188 Å². The van der Waals surface area contributed by atoms with E-state index in [4.69, 9.17) is 4.74 Å². The zero-order valence-corrected chi connectivity index (χ0v) is 47.5. The quantitative estimate of drug-likeness (QED) is 0.0816. The Labute approximate surface area is 419 Å². The highest BCUT2D eigenvalue weighted by atomic mass is 32.1. The highest BCUT2D eigenvalue weighted by Crippen LogP contribution is 2.59. The van der Waals surface area contributed by atoms with Gasteiger partial charge in [0.1, 0.15) is 11.4 Å². The Morgan fingerprint density at radius 1 is 0.612 bits per heavy atom. The van der Waals surface area contributed by atoms with Crippen molar-refractivity contribution in [1.82, 2.24) is 9.80 Å². The summed E-state index contributed by atoms with van der Waals surface area (Å²) in [6.45, 7) is 38.4. The zero-order chi connectivity index (χ0) is 49.4. The Morgan fingerprint density at radius 2 is 1.13 bits per heavy atom. The fraction of sp³-hybridized carbons (Fsp3) is 0.767. The molecule has 0 saturated heterocycles. The molecule has 0 fully saturated rings. The Morgan fingerprint density at radius 3 is 1.61 bits per heavy atom. The molecule has 2 aromatic rings. The van der Waals surface area contributed by atoms with E-state index < -0.39 is 5.60 Å². The van der Waals surface area contributed by atoms with E-state index in [2.05, 4.69) is 133 Å². The largest absolute Gasteiger partial charge is 0.481 e. The Bertz CT molecular complexity index is 1980. The van der Waals surface area contributed by atoms with Gasteiger partial charge in [-0.3, -0.25) is 9.59 Å². The Balaban J connectivity index is 1.71. The van der Waals surface area contributed by atoms with Gasteiger partial charge in [0.2, 0.25) is 0 Å². The van der Waals surface area contributed by atoms with Crippen LogP contribution in [-0.2, 0) is 20.6 Å². The average molecular weight is 960 g/mol. The van der Waals surface area contributed by atoms with Gasteiger partial charge in [-0.2, -0.15) is 0 Å². The molecule has 4 atom stereocenters. The van der Waals surface area contributed by atoms with Crippen molar-refractivity contribution >= 4 is 40.2 Å². The summed E-state index contributed by atoms with van der Waals surface area (Å²) < 4.78 is 7.76. The van der Waals surface area contributed by atoms with Crippen LogP contribution in [0.1, 0.15) is 248 Å². The van der Waals surface area contributed by atoms with Crippen LogP contribution in [0.25, 0.3) is 15.5 Å². The number of fused-ring (bicyclic) bond motifs is 4. The maximum atomic E-state index is 15.5. The van der Waals surface area contributed by atoms with Crippen molar-refractivity contribution in [2.24, 2.45) is 40.9 Å². The molecule has 3 aliphatic rings. The normalized spacial score (nSPS) is 19.5. The predicted molar refractivity (Wildman–Crippen MR) is 291 cm³/mol. The molecule has 67 heavy (non-hydrogen) atoms. The van der Waals surface area contributed by atoms with Crippen LogP contribution in [0.5, 0.6) is 5.75 Å². The number of hydrogen-bond acceptors (Lipinski definition) is 5. The number of thiophene rings is 2. The second-order valence-corrected chi connectivity index (χ2v) is 26.4. The van der Waals surface area contributed by atoms with Gasteiger partial charge in [-0.25, -0.2) is 0 Å². The van der Waals surface area contributed by atoms with Crippen molar-refractivity contribution in [3.8, 4) is 15.5 Å². The summed E-state index contributed by atoms with van der Waals surface area (Å²) in [6.07, 6.45) is 21.5. The first-order valence-electron chi connectivity index (χ1n) is 27.8. The summed E-state index contributed by atoms with van der Waals surface area (Å²) in [6, 6.07) is 4.81. The first-order chi connectivity index (χ1) is 31.7. The number of nitrogens with zero attached hydrogens (tertiary/aromatic N) is 2. The van der Waals surface area contributed by atoms with Crippen LogP contribution in [-0.4, -0.2) is 34.7 Å². The number of unbranched alkanes of at least 4 members (excludes halogenated alkanes) is 2. The fourth-order valence-corrected chi connectivity index (χ4v) is 13.6. The summed E-state index contributed by atoms with van der Waals surface area (Å²) in [5, 5.41) is 0. The lowest BCUT2D eigenvalue weighted by Crippen LogP contribution is -2.38. The lowest BCUT2D eigenvalue weighted by molar-refractivity contribution is -0.125. The Kier molecular flexibility index (Phi) is 20.0. The van der Waals surface area contributed by atoms with E-state index in [0.717, 1.165) is 117 Å². The average Bonchev–Trinajstić information content (AvgIpc) is 4.04. The van der Waals surface area contributed by atoms with Gasteiger partial charge >= 0.3 is 0 Å². The van der Waals surface area contributed by atoms with Gasteiger partial charge in [-0.15, -0.1) is 22.7 Å². The molecular formula is C60H98N2O3S2. The monoisotopic (exact) mass is 959 g/mol. The van der Waals surface area contributed by atoms with Crippen molar-refractivity contribution < 1.29 is 14.3 Å². The van der Waals surface area contributed by atoms with Gasteiger partial charge in [0.05, 0.1) is 31.5 Å². The second-order valence-electron chi connectivity index (χ2n) is 24.3. The number of amides is 2. The van der Waals surface area contributed by atoms with Crippen molar-refractivity contribution in [1.29, 1.82) is 0 Å². The molecule has 378 valence electrons. The number of allylic oxidation sites excluding steroid dienone is 1. The fourth-order valence-electron chi connectivity index (χ4n) is 11.0. The third-order valence-corrected chi connectivity index (χ3v) is 19.0. The predicted octanol–water partition coefficient (Wildman–Crippen LogP) is 18.4. The highest BCUT2D eigenvalue weighted by Gasteiger charge is 2.53. The summed E-state index contributed by atoms with van der Waals surface area (Å²) in [5.74, 6) is 4.46. The molecule has 0 radical (unpaired) electrons. The van der Waals surface area contributed by atoms with Gasteiger partial charge in [0.25, 0.3) is 11.8 Å². The zero-order valence-electron chi connectivity index (χ0n) is 45.9. The highest BCUT2D eigenvalue weighted by molar-refractivity contribution is 7.23. The van der Waals surface area contributed by atoms with Crippen LogP contribution in [0.2, 0.25) is 0 Å². The molecule has 5 nitrogen and oxygen atoms in total. The maximum absolute atomic E-state index is 15.5. The van der Waals surface area contributed by atoms with E-state index in [9.17, 15) is 0 Å². The van der Waals surface area contributed by atoms with Gasteiger partial charge in [0.15, 0.2) is 0 Å². The van der Waals surface area contributed by atoms with Crippen LogP contribution in [0.15, 0.2) is 29.0 Å². The van der Waals surface area contributed by atoms with Gasteiger partial charge in [0, 0.05) is 40.7 Å². The third-order valence-electron chi connectivity index (χ3n) is 16.1. The molecule has 4 unspecified atom stereocenters. The molecule has 0 spiro atoms. The molecule has 0 aromatic carbocycles. The van der Waals surface area contributed by atoms with Crippen LogP contribution < -0.4 is 4.74 Å². The third kappa shape index (κ3) is 13.1. The smallest absolute Gasteiger partial charge is 0.261 e. The minimum Gasteiger partial charge on any atom is -0.481 e. The van der Waals surface area contributed by atoms with Crippen molar-refractivity contribution in [3.05, 3.63) is 44.3 Å². The molecule has 5 rings (SSSR count). The maximum Gasteiger partial charge on any atom is 0.261 e. The van der Waals surface area contributed by atoms with Crippen molar-refractivity contribution in [2.45, 2.75) is 244 Å². The molecule has 0 saturated carbocycles. The summed E-state index contributed by atoms with van der Waals surface area (Å²) >= 11 is 3.73. The molecule has 5 heterocycles. The van der Waals surface area contributed by atoms with Crippen LogP contribution in [0, 0.1) is 40.9 Å². The number of carbonyl (C=O) groups is 2. The van der Waals surface area contributed by atoms with Crippen LogP contribution in [0.4, 0.5) is 0 Å². The summed E-state index contributed by atoms with van der Waals surface area (Å²) in [7, 11) is 0. The lowest BCUT2D eigenvalue weighted by Gasteiger charge is -2.39. The lowest BCUT2D eigenvalue weighted by atomic mass is 9.78. The second kappa shape index (κ2) is 24.2. The van der Waals surface area contributed by atoms with E-state index >= 15 is 9.59 Å². The molecule has 2 amide bonds. The number of hydrogen-bond donors (Lipinski definition) is 0. The van der Waals surface area contributed by atoms with Gasteiger partial charge < -0.3 is 14.5 Å². The summed E-state index contributed by atoms with van der Waals surface area (Å²) in [5.41, 5.74) is 3.70. The first-order valence-corrected chi connectivity index (χ1v) is 29.4. The van der Waals surface area contributed by atoms with E-state index in [0.29, 0.717) is 47.9 Å². The standard InChI is InChI=1S/C60H98N2O3S2/c1-17-22-30-44(19-3)38-61-52(50-51(57(61)64)55(59(15,16)21-5)62(56(50)63)39-45(20-4)31-23-18-2)48-37-47-54(66-48)53-46(36-49(67-53)58(12,13)14)60(65-47,34-32-42(10)28-24-26-40(6)7)35-33-43(11)29-25-27-41(8)9/h36-37,40-45H,17-35,38-39H2,1-16H3. The number of ether oxygens (including phenoxy) is 1. The molecule has 0 aliphatic carbocycles. The molecule has 7 heteroatoms. The van der Waals surface area contributed by atoms with Crippen LogP contribution >= 0.6 is 22.7 Å². The SMILES string of the molecule is CCCCC(CC)CN1C(=O)C2=C(C(C)(C)CC)N(CC(CC)CCCC)C(=O)C2=C1c1cc2c(s1)-c1sc(C(C)(C)C)cc1C(CCC(C)CCCC(C)C)(CCC(C)CCCC(C)C)O2. The molecule has 0 bridgehead atoms. The number of rotatable bonds is 29. The van der Waals surface area contributed by atoms with E-state index in [1.807, 2.05) is 11.3 Å². The molecular weight excluding hydrogens is 861 g/mol. The van der Waals surface area contributed by atoms with E-state index in [-0.39, 0.29) is 22.6 Å². The topological polar surface area (TPSA) is 49.9 Å². The van der Waals surface area contributed by atoms with Crippen LogP contribution in [0.3, 0.4) is 0 Å². The van der Waals surface area contributed by atoms with Crippen molar-refractivity contribution in [3.63, 3.8) is 0 Å². The van der Waals surface area contributed by atoms with Gasteiger partial charge in [-0.05, 0) is 91.9 Å².